The highest BCUT2D eigenvalue weighted by molar-refractivity contribution is 9.10. The van der Waals surface area contributed by atoms with Gasteiger partial charge in [0.1, 0.15) is 0 Å². The number of rotatable bonds is 4. The molecule has 3 aromatic rings. The summed E-state index contributed by atoms with van der Waals surface area (Å²) in [6.45, 7) is 3.01. The van der Waals surface area contributed by atoms with Crippen molar-refractivity contribution in [3.63, 3.8) is 0 Å². The number of aromatic nitrogens is 1. The second-order valence-corrected chi connectivity index (χ2v) is 5.80. The SMILES string of the molecule is CCNC(c1ccccc1)c1nc2ccccc2cc1Br. The Balaban J connectivity index is 2.13. The van der Waals surface area contributed by atoms with Crippen LogP contribution in [0.15, 0.2) is 65.1 Å². The summed E-state index contributed by atoms with van der Waals surface area (Å²) < 4.78 is 1.04. The fourth-order valence-corrected chi connectivity index (χ4v) is 3.09. The van der Waals surface area contributed by atoms with Crippen LogP contribution in [0.5, 0.6) is 0 Å². The van der Waals surface area contributed by atoms with E-state index in [1.807, 2.05) is 18.2 Å². The van der Waals surface area contributed by atoms with Gasteiger partial charge in [-0.1, -0.05) is 55.5 Å². The van der Waals surface area contributed by atoms with Gasteiger partial charge in [-0.05, 0) is 40.2 Å². The summed E-state index contributed by atoms with van der Waals surface area (Å²) in [6, 6.07) is 20.9. The maximum atomic E-state index is 4.86. The Morgan fingerprint density at radius 2 is 1.76 bits per heavy atom. The molecule has 0 saturated carbocycles. The molecule has 0 aliphatic rings. The highest BCUT2D eigenvalue weighted by atomic mass is 79.9. The predicted molar refractivity (Wildman–Crippen MR) is 91.4 cm³/mol. The molecule has 3 heteroatoms. The summed E-state index contributed by atoms with van der Waals surface area (Å²) in [6.07, 6.45) is 0. The van der Waals surface area contributed by atoms with Crippen LogP contribution in [0.25, 0.3) is 10.9 Å². The lowest BCUT2D eigenvalue weighted by Crippen LogP contribution is -2.23. The zero-order valence-electron chi connectivity index (χ0n) is 11.9. The molecule has 1 aromatic heterocycles. The van der Waals surface area contributed by atoms with Crippen molar-refractivity contribution in [3.8, 4) is 0 Å². The van der Waals surface area contributed by atoms with E-state index in [4.69, 9.17) is 4.98 Å². The van der Waals surface area contributed by atoms with Crippen molar-refractivity contribution in [3.05, 3.63) is 76.4 Å². The van der Waals surface area contributed by atoms with Crippen LogP contribution in [0.4, 0.5) is 0 Å². The van der Waals surface area contributed by atoms with Crippen LogP contribution in [0.2, 0.25) is 0 Å². The van der Waals surface area contributed by atoms with Crippen LogP contribution < -0.4 is 5.32 Å². The van der Waals surface area contributed by atoms with Crippen molar-refractivity contribution < 1.29 is 0 Å². The third kappa shape index (κ3) is 2.99. The molecule has 0 amide bonds. The van der Waals surface area contributed by atoms with Crippen molar-refractivity contribution in [1.29, 1.82) is 0 Å². The van der Waals surface area contributed by atoms with Crippen LogP contribution in [0, 0.1) is 0 Å². The molecule has 2 nitrogen and oxygen atoms in total. The largest absolute Gasteiger partial charge is 0.305 e. The first-order chi connectivity index (χ1) is 10.3. The molecule has 0 bridgehead atoms. The number of para-hydroxylation sites is 1. The Labute approximate surface area is 133 Å². The molecule has 0 aliphatic heterocycles. The van der Waals surface area contributed by atoms with Crippen molar-refractivity contribution in [2.45, 2.75) is 13.0 Å². The van der Waals surface area contributed by atoms with E-state index < -0.39 is 0 Å². The highest BCUT2D eigenvalue weighted by Gasteiger charge is 2.17. The van der Waals surface area contributed by atoms with Gasteiger partial charge in [0.15, 0.2) is 0 Å². The summed E-state index contributed by atoms with van der Waals surface area (Å²) in [5.74, 6) is 0. The average molecular weight is 341 g/mol. The Bertz CT molecular complexity index is 741. The van der Waals surface area contributed by atoms with E-state index in [0.717, 1.165) is 27.6 Å². The first-order valence-electron chi connectivity index (χ1n) is 7.13. The molecule has 1 unspecified atom stereocenters. The summed E-state index contributed by atoms with van der Waals surface area (Å²) in [5.41, 5.74) is 3.28. The first-order valence-corrected chi connectivity index (χ1v) is 7.92. The minimum atomic E-state index is 0.0928. The van der Waals surface area contributed by atoms with Gasteiger partial charge in [-0.25, -0.2) is 4.98 Å². The first kappa shape index (κ1) is 14.2. The van der Waals surface area contributed by atoms with Gasteiger partial charge in [-0.2, -0.15) is 0 Å². The van der Waals surface area contributed by atoms with E-state index in [-0.39, 0.29) is 6.04 Å². The fourth-order valence-electron chi connectivity index (χ4n) is 2.53. The minimum Gasteiger partial charge on any atom is -0.305 e. The molecule has 2 aromatic carbocycles. The average Bonchev–Trinajstić information content (AvgIpc) is 2.53. The third-order valence-electron chi connectivity index (χ3n) is 3.52. The molecule has 0 spiro atoms. The molecule has 106 valence electrons. The second kappa shape index (κ2) is 6.37. The number of nitrogens with one attached hydrogen (secondary N) is 1. The van der Waals surface area contributed by atoms with Crippen LogP contribution in [-0.2, 0) is 0 Å². The maximum Gasteiger partial charge on any atom is 0.0768 e. The lowest BCUT2D eigenvalue weighted by Gasteiger charge is -2.19. The summed E-state index contributed by atoms with van der Waals surface area (Å²) in [7, 11) is 0. The molecular formula is C18H17BrN2. The van der Waals surface area contributed by atoms with Crippen LogP contribution >= 0.6 is 15.9 Å². The molecule has 1 heterocycles. The maximum absolute atomic E-state index is 4.86. The van der Waals surface area contributed by atoms with E-state index in [9.17, 15) is 0 Å². The van der Waals surface area contributed by atoms with Crippen molar-refractivity contribution in [2.24, 2.45) is 0 Å². The molecule has 1 N–H and O–H groups in total. The number of fused-ring (bicyclic) bond motifs is 1. The fraction of sp³-hybridized carbons (Fsp3) is 0.167. The zero-order valence-corrected chi connectivity index (χ0v) is 13.5. The van der Waals surface area contributed by atoms with E-state index in [0.29, 0.717) is 0 Å². The topological polar surface area (TPSA) is 24.9 Å². The van der Waals surface area contributed by atoms with Crippen LogP contribution in [-0.4, -0.2) is 11.5 Å². The predicted octanol–water partition coefficient (Wildman–Crippen LogP) is 4.70. The van der Waals surface area contributed by atoms with Crippen LogP contribution in [0.1, 0.15) is 24.2 Å². The highest BCUT2D eigenvalue weighted by Crippen LogP contribution is 2.29. The molecule has 21 heavy (non-hydrogen) atoms. The quantitative estimate of drug-likeness (QED) is 0.744. The van der Waals surface area contributed by atoms with Crippen molar-refractivity contribution in [1.82, 2.24) is 10.3 Å². The number of nitrogens with zero attached hydrogens (tertiary/aromatic N) is 1. The van der Waals surface area contributed by atoms with Gasteiger partial charge in [0.25, 0.3) is 0 Å². The number of pyridine rings is 1. The van der Waals surface area contributed by atoms with E-state index >= 15 is 0 Å². The number of benzene rings is 2. The van der Waals surface area contributed by atoms with Gasteiger partial charge in [0, 0.05) is 9.86 Å². The van der Waals surface area contributed by atoms with E-state index in [2.05, 4.69) is 70.6 Å². The molecule has 0 saturated heterocycles. The van der Waals surface area contributed by atoms with Gasteiger partial charge >= 0.3 is 0 Å². The Hall–Kier alpha value is -1.71. The molecule has 3 rings (SSSR count). The monoisotopic (exact) mass is 340 g/mol. The Morgan fingerprint density at radius 1 is 1.05 bits per heavy atom. The van der Waals surface area contributed by atoms with Gasteiger partial charge in [-0.3, -0.25) is 0 Å². The Morgan fingerprint density at radius 3 is 2.52 bits per heavy atom. The minimum absolute atomic E-state index is 0.0928. The van der Waals surface area contributed by atoms with E-state index in [1.165, 1.54) is 5.56 Å². The third-order valence-corrected chi connectivity index (χ3v) is 4.15. The van der Waals surface area contributed by atoms with Gasteiger partial charge in [-0.15, -0.1) is 0 Å². The molecule has 0 aliphatic carbocycles. The van der Waals surface area contributed by atoms with Gasteiger partial charge in [0.2, 0.25) is 0 Å². The number of halogens is 1. The van der Waals surface area contributed by atoms with Gasteiger partial charge < -0.3 is 5.32 Å². The van der Waals surface area contributed by atoms with E-state index in [1.54, 1.807) is 0 Å². The lowest BCUT2D eigenvalue weighted by atomic mass is 10.0. The molecule has 1 atom stereocenters. The molecule has 0 fully saturated rings. The van der Waals surface area contributed by atoms with Crippen molar-refractivity contribution in [2.75, 3.05) is 6.54 Å². The van der Waals surface area contributed by atoms with Crippen molar-refractivity contribution >= 4 is 26.8 Å². The molecule has 0 radical (unpaired) electrons. The number of hydrogen-bond acceptors (Lipinski definition) is 2. The summed E-state index contributed by atoms with van der Waals surface area (Å²) >= 11 is 3.68. The molecular weight excluding hydrogens is 324 g/mol. The Kier molecular flexibility index (Phi) is 4.32. The normalized spacial score (nSPS) is 12.5. The smallest absolute Gasteiger partial charge is 0.0768 e. The lowest BCUT2D eigenvalue weighted by molar-refractivity contribution is 0.615. The second-order valence-electron chi connectivity index (χ2n) is 4.95. The van der Waals surface area contributed by atoms with Gasteiger partial charge in [0.05, 0.1) is 17.3 Å². The summed E-state index contributed by atoms with van der Waals surface area (Å²) in [5, 5.41) is 4.68. The standard InChI is InChI=1S/C18H17BrN2/c1-2-20-17(13-8-4-3-5-9-13)18-15(19)12-14-10-6-7-11-16(14)21-18/h3-12,17,20H,2H2,1H3. The van der Waals surface area contributed by atoms with Crippen LogP contribution in [0.3, 0.4) is 0 Å². The number of hydrogen-bond donors (Lipinski definition) is 1. The summed E-state index contributed by atoms with van der Waals surface area (Å²) in [4.78, 5) is 4.86. The zero-order chi connectivity index (χ0) is 14.7.